The fraction of sp³-hybridized carbons (Fsp3) is 0.667. The van der Waals surface area contributed by atoms with Crippen molar-refractivity contribution in [2.24, 2.45) is 5.92 Å². The molecule has 0 amide bonds. The third-order valence-electron chi connectivity index (χ3n) is 1.92. The number of aryl methyl sites for hydroxylation is 1. The second-order valence-electron chi connectivity index (χ2n) is 3.53. The van der Waals surface area contributed by atoms with E-state index in [2.05, 4.69) is 24.0 Å². The summed E-state index contributed by atoms with van der Waals surface area (Å²) in [4.78, 5) is 0. The minimum atomic E-state index is 0.0877. The molecule has 0 aromatic carbocycles. The number of nitrogens with zero attached hydrogens (tertiary/aromatic N) is 1. The average molecular weight is 168 g/mol. The average Bonchev–Trinajstić information content (AvgIpc) is 2.30. The van der Waals surface area contributed by atoms with Gasteiger partial charge in [-0.25, -0.2) is 0 Å². The van der Waals surface area contributed by atoms with E-state index in [0.29, 0.717) is 5.92 Å². The second-order valence-corrected chi connectivity index (χ2v) is 3.53. The van der Waals surface area contributed by atoms with E-state index < -0.39 is 0 Å². The molecule has 0 radical (unpaired) electrons. The first-order valence-corrected chi connectivity index (χ1v) is 4.28. The summed E-state index contributed by atoms with van der Waals surface area (Å²) in [5.74, 6) is 0.581. The van der Waals surface area contributed by atoms with Gasteiger partial charge in [0, 0.05) is 11.3 Å². The van der Waals surface area contributed by atoms with E-state index in [1.807, 2.05) is 6.92 Å². The fourth-order valence-corrected chi connectivity index (χ4v) is 1.27. The molecule has 1 rings (SSSR count). The van der Waals surface area contributed by atoms with Crippen LogP contribution in [-0.4, -0.2) is 15.3 Å². The minimum Gasteiger partial charge on any atom is -0.392 e. The van der Waals surface area contributed by atoms with E-state index >= 15 is 0 Å². The molecule has 0 atom stereocenters. The molecular weight excluding hydrogens is 152 g/mol. The smallest absolute Gasteiger partial charge is 0.0718 e. The number of aliphatic hydroxyl groups excluding tert-OH is 1. The second kappa shape index (κ2) is 3.72. The summed E-state index contributed by atoms with van der Waals surface area (Å²) in [6, 6.07) is 0. The fourth-order valence-electron chi connectivity index (χ4n) is 1.27. The lowest BCUT2D eigenvalue weighted by molar-refractivity contribution is 0.279. The Morgan fingerprint density at radius 2 is 2.17 bits per heavy atom. The lowest BCUT2D eigenvalue weighted by Crippen LogP contribution is -1.98. The normalized spacial score (nSPS) is 11.1. The van der Waals surface area contributed by atoms with Crippen LogP contribution in [0.25, 0.3) is 0 Å². The number of H-pyrrole nitrogens is 1. The molecule has 0 aliphatic rings. The molecule has 0 aliphatic carbocycles. The zero-order chi connectivity index (χ0) is 9.14. The van der Waals surface area contributed by atoms with Crippen molar-refractivity contribution in [2.75, 3.05) is 0 Å². The maximum absolute atomic E-state index is 9.04. The zero-order valence-electron chi connectivity index (χ0n) is 7.89. The quantitative estimate of drug-likeness (QED) is 0.717. The summed E-state index contributed by atoms with van der Waals surface area (Å²) in [7, 11) is 0. The highest BCUT2D eigenvalue weighted by Crippen LogP contribution is 2.14. The van der Waals surface area contributed by atoms with E-state index in [-0.39, 0.29) is 6.61 Å². The number of hydrogen-bond acceptors (Lipinski definition) is 2. The maximum atomic E-state index is 9.04. The molecule has 1 aromatic rings. The molecule has 2 N–H and O–H groups in total. The number of nitrogens with one attached hydrogen (secondary N) is 1. The predicted molar refractivity (Wildman–Crippen MR) is 47.8 cm³/mol. The van der Waals surface area contributed by atoms with Crippen LogP contribution in [-0.2, 0) is 13.0 Å². The molecule has 0 bridgehead atoms. The van der Waals surface area contributed by atoms with E-state index in [4.69, 9.17) is 5.11 Å². The highest BCUT2D eigenvalue weighted by atomic mass is 16.3. The van der Waals surface area contributed by atoms with Crippen molar-refractivity contribution in [1.29, 1.82) is 0 Å². The van der Waals surface area contributed by atoms with Gasteiger partial charge >= 0.3 is 0 Å². The van der Waals surface area contributed by atoms with Gasteiger partial charge in [-0.05, 0) is 19.3 Å². The molecule has 1 heterocycles. The summed E-state index contributed by atoms with van der Waals surface area (Å²) in [6.07, 6.45) is 0.931. The van der Waals surface area contributed by atoms with Crippen molar-refractivity contribution in [2.45, 2.75) is 33.8 Å². The van der Waals surface area contributed by atoms with Crippen LogP contribution in [0.2, 0.25) is 0 Å². The topological polar surface area (TPSA) is 48.9 Å². The van der Waals surface area contributed by atoms with Gasteiger partial charge in [0.05, 0.1) is 12.3 Å². The summed E-state index contributed by atoms with van der Waals surface area (Å²) < 4.78 is 0. The standard InChI is InChI=1S/C9H16N2O/c1-6(2)4-9-8(5-12)7(3)10-11-9/h6,12H,4-5H2,1-3H3,(H,10,11). The Kier molecular flexibility index (Phi) is 2.87. The first-order valence-electron chi connectivity index (χ1n) is 4.28. The van der Waals surface area contributed by atoms with Crippen LogP contribution in [0.3, 0.4) is 0 Å². The maximum Gasteiger partial charge on any atom is 0.0718 e. The van der Waals surface area contributed by atoms with E-state index in [9.17, 15) is 0 Å². The molecule has 1 aromatic heterocycles. The minimum absolute atomic E-state index is 0.0877. The first-order chi connectivity index (χ1) is 5.65. The van der Waals surface area contributed by atoms with Crippen molar-refractivity contribution in [1.82, 2.24) is 10.2 Å². The molecule has 0 aliphatic heterocycles. The number of aromatic amines is 1. The van der Waals surface area contributed by atoms with Gasteiger partial charge in [-0.3, -0.25) is 5.10 Å². The van der Waals surface area contributed by atoms with E-state index in [1.165, 1.54) is 0 Å². The first kappa shape index (κ1) is 9.26. The summed E-state index contributed by atoms with van der Waals surface area (Å²) in [5.41, 5.74) is 2.95. The lowest BCUT2D eigenvalue weighted by atomic mass is 10.0. The van der Waals surface area contributed by atoms with Crippen molar-refractivity contribution in [3.63, 3.8) is 0 Å². The Hall–Kier alpha value is -0.830. The Bertz CT molecular complexity index is 253. The molecule has 0 saturated heterocycles. The van der Waals surface area contributed by atoms with Gasteiger partial charge in [-0.15, -0.1) is 0 Å². The third kappa shape index (κ3) is 1.85. The van der Waals surface area contributed by atoms with Gasteiger partial charge < -0.3 is 5.11 Å². The van der Waals surface area contributed by atoms with E-state index in [1.54, 1.807) is 0 Å². The van der Waals surface area contributed by atoms with Crippen molar-refractivity contribution in [3.05, 3.63) is 17.0 Å². The number of aliphatic hydroxyl groups is 1. The molecular formula is C9H16N2O. The van der Waals surface area contributed by atoms with Crippen LogP contribution in [0.1, 0.15) is 30.8 Å². The van der Waals surface area contributed by atoms with Crippen LogP contribution in [0.4, 0.5) is 0 Å². The van der Waals surface area contributed by atoms with Crippen LogP contribution in [0, 0.1) is 12.8 Å². The van der Waals surface area contributed by atoms with Crippen LogP contribution in [0.15, 0.2) is 0 Å². The molecule has 0 saturated carbocycles. The van der Waals surface area contributed by atoms with Crippen LogP contribution < -0.4 is 0 Å². The molecule has 3 heteroatoms. The molecule has 12 heavy (non-hydrogen) atoms. The highest BCUT2D eigenvalue weighted by molar-refractivity contribution is 5.23. The van der Waals surface area contributed by atoms with Crippen molar-refractivity contribution < 1.29 is 5.11 Å². The SMILES string of the molecule is Cc1[nH]nc(CC(C)C)c1CO. The van der Waals surface area contributed by atoms with Gasteiger partial charge in [0.15, 0.2) is 0 Å². The number of rotatable bonds is 3. The van der Waals surface area contributed by atoms with E-state index in [0.717, 1.165) is 23.4 Å². The van der Waals surface area contributed by atoms with Crippen LogP contribution in [0.5, 0.6) is 0 Å². The van der Waals surface area contributed by atoms with Crippen LogP contribution >= 0.6 is 0 Å². The van der Waals surface area contributed by atoms with Gasteiger partial charge in [0.1, 0.15) is 0 Å². The Morgan fingerprint density at radius 3 is 2.67 bits per heavy atom. The van der Waals surface area contributed by atoms with Crippen molar-refractivity contribution >= 4 is 0 Å². The monoisotopic (exact) mass is 168 g/mol. The molecule has 0 spiro atoms. The van der Waals surface area contributed by atoms with Gasteiger partial charge in [0.25, 0.3) is 0 Å². The zero-order valence-corrected chi connectivity index (χ0v) is 7.89. The summed E-state index contributed by atoms with van der Waals surface area (Å²) in [6.45, 7) is 6.31. The van der Waals surface area contributed by atoms with Gasteiger partial charge in [-0.2, -0.15) is 5.10 Å². The summed E-state index contributed by atoms with van der Waals surface area (Å²) in [5, 5.41) is 16.1. The molecule has 0 fully saturated rings. The molecule has 0 unspecified atom stereocenters. The van der Waals surface area contributed by atoms with Gasteiger partial charge in [0.2, 0.25) is 0 Å². The Morgan fingerprint density at radius 1 is 1.50 bits per heavy atom. The Labute approximate surface area is 72.8 Å². The number of aromatic nitrogens is 2. The largest absolute Gasteiger partial charge is 0.392 e. The highest BCUT2D eigenvalue weighted by Gasteiger charge is 2.09. The molecule has 68 valence electrons. The third-order valence-corrected chi connectivity index (χ3v) is 1.92. The molecule has 3 nitrogen and oxygen atoms in total. The lowest BCUT2D eigenvalue weighted by Gasteiger charge is -2.02. The van der Waals surface area contributed by atoms with Crippen molar-refractivity contribution in [3.8, 4) is 0 Å². The summed E-state index contributed by atoms with van der Waals surface area (Å²) >= 11 is 0. The van der Waals surface area contributed by atoms with Gasteiger partial charge in [-0.1, -0.05) is 13.8 Å². The Balaban J connectivity index is 2.84. The number of hydrogen-bond donors (Lipinski definition) is 2. The predicted octanol–water partition coefficient (Wildman–Crippen LogP) is 1.41.